The summed E-state index contributed by atoms with van der Waals surface area (Å²) in [5.41, 5.74) is 0.105. The number of anilines is 1. The first-order valence-corrected chi connectivity index (χ1v) is 6.05. The molecule has 0 saturated heterocycles. The van der Waals surface area contributed by atoms with Crippen LogP contribution in [-0.4, -0.2) is 35.3 Å². The summed E-state index contributed by atoms with van der Waals surface area (Å²) in [6.07, 6.45) is 3.36. The highest BCUT2D eigenvalue weighted by Gasteiger charge is 2.25. The highest BCUT2D eigenvalue weighted by molar-refractivity contribution is 7.13. The van der Waals surface area contributed by atoms with E-state index in [-0.39, 0.29) is 5.69 Å². The van der Waals surface area contributed by atoms with Crippen molar-refractivity contribution in [3.05, 3.63) is 11.1 Å². The van der Waals surface area contributed by atoms with Crippen LogP contribution in [0, 0.1) is 0 Å². The monoisotopic (exact) mass is 242 g/mol. The Balaban J connectivity index is 1.92. The minimum Gasteiger partial charge on any atom is -0.476 e. The molecule has 1 aliphatic carbocycles. The molecule has 1 fully saturated rings. The topological polar surface area (TPSA) is 71.5 Å². The third-order valence-corrected chi connectivity index (χ3v) is 3.54. The first-order chi connectivity index (χ1) is 7.69. The summed E-state index contributed by atoms with van der Waals surface area (Å²) in [5.74, 6) is -0.981. The third kappa shape index (κ3) is 2.51. The number of ether oxygens (including phenoxy) is 1. The van der Waals surface area contributed by atoms with Gasteiger partial charge in [-0.2, -0.15) is 0 Å². The fourth-order valence-corrected chi connectivity index (χ4v) is 2.66. The lowest BCUT2D eigenvalue weighted by atomic mass is 10.2. The molecule has 0 radical (unpaired) electrons. The molecule has 5 nitrogen and oxygen atoms in total. The van der Waals surface area contributed by atoms with Crippen molar-refractivity contribution in [1.82, 2.24) is 4.98 Å². The lowest BCUT2D eigenvalue weighted by Crippen LogP contribution is -2.17. The predicted octanol–water partition coefficient (Wildman–Crippen LogP) is 1.82. The number of nitrogens with zero attached hydrogens (tertiary/aromatic N) is 1. The maximum absolute atomic E-state index is 10.6. The highest BCUT2D eigenvalue weighted by Crippen LogP contribution is 2.26. The van der Waals surface area contributed by atoms with Crippen molar-refractivity contribution in [3.8, 4) is 0 Å². The number of hydrogen-bond acceptors (Lipinski definition) is 5. The van der Waals surface area contributed by atoms with Crippen LogP contribution in [0.4, 0.5) is 5.13 Å². The minimum atomic E-state index is -0.981. The van der Waals surface area contributed by atoms with Gasteiger partial charge in [0.25, 0.3) is 0 Å². The third-order valence-electron chi connectivity index (χ3n) is 2.77. The van der Waals surface area contributed by atoms with Gasteiger partial charge in [0.15, 0.2) is 10.8 Å². The van der Waals surface area contributed by atoms with E-state index >= 15 is 0 Å². The zero-order valence-electron chi connectivity index (χ0n) is 8.97. The molecule has 1 heterocycles. The van der Waals surface area contributed by atoms with E-state index in [1.54, 1.807) is 12.5 Å². The van der Waals surface area contributed by atoms with E-state index in [4.69, 9.17) is 9.84 Å². The van der Waals surface area contributed by atoms with Crippen molar-refractivity contribution in [3.63, 3.8) is 0 Å². The summed E-state index contributed by atoms with van der Waals surface area (Å²) < 4.78 is 5.27. The number of nitrogens with one attached hydrogen (secondary N) is 1. The van der Waals surface area contributed by atoms with Gasteiger partial charge in [-0.3, -0.25) is 0 Å². The number of hydrogen-bond donors (Lipinski definition) is 2. The second-order valence-corrected chi connectivity index (χ2v) is 4.71. The molecule has 0 aliphatic heterocycles. The Morgan fingerprint density at radius 3 is 3.06 bits per heavy atom. The normalized spacial score (nSPS) is 24.6. The van der Waals surface area contributed by atoms with E-state index in [0.29, 0.717) is 17.3 Å². The number of methoxy groups -OCH3 is 1. The number of rotatable bonds is 4. The molecule has 0 amide bonds. The molecular weight excluding hydrogens is 228 g/mol. The number of carboxylic acid groups (broad SMARTS) is 1. The fraction of sp³-hybridized carbons (Fsp3) is 0.600. The molecule has 6 heteroatoms. The molecule has 1 aromatic rings. The second-order valence-electron chi connectivity index (χ2n) is 3.86. The molecule has 0 spiro atoms. The average molecular weight is 242 g/mol. The summed E-state index contributed by atoms with van der Waals surface area (Å²) in [7, 11) is 1.72. The Bertz CT molecular complexity index is 380. The quantitative estimate of drug-likeness (QED) is 0.842. The van der Waals surface area contributed by atoms with Gasteiger partial charge in [0.1, 0.15) is 0 Å². The first-order valence-electron chi connectivity index (χ1n) is 5.17. The van der Waals surface area contributed by atoms with Crippen LogP contribution in [0.3, 0.4) is 0 Å². The number of carbonyl (C=O) groups is 1. The molecule has 1 aromatic heterocycles. The van der Waals surface area contributed by atoms with Gasteiger partial charge in [-0.1, -0.05) is 0 Å². The standard InChI is InChI=1S/C10H14N2O3S/c1-15-7-3-2-6(4-7)11-10-12-8(5-16-10)9(13)14/h5-7H,2-4H2,1H3,(H,11,12)(H,13,14). The van der Waals surface area contributed by atoms with Crippen LogP contribution in [0.1, 0.15) is 29.8 Å². The van der Waals surface area contributed by atoms with Gasteiger partial charge >= 0.3 is 5.97 Å². The largest absolute Gasteiger partial charge is 0.476 e. The van der Waals surface area contributed by atoms with Crippen LogP contribution in [0.25, 0.3) is 0 Å². The summed E-state index contributed by atoms with van der Waals surface area (Å²) in [4.78, 5) is 14.6. The Hall–Kier alpha value is -1.14. The fourth-order valence-electron chi connectivity index (χ4n) is 1.90. The highest BCUT2D eigenvalue weighted by atomic mass is 32.1. The number of aromatic carboxylic acids is 1. The molecule has 2 unspecified atom stereocenters. The molecule has 1 aliphatic rings. The molecule has 2 N–H and O–H groups in total. The van der Waals surface area contributed by atoms with E-state index in [2.05, 4.69) is 10.3 Å². The van der Waals surface area contributed by atoms with E-state index < -0.39 is 5.97 Å². The van der Waals surface area contributed by atoms with Crippen molar-refractivity contribution in [2.24, 2.45) is 0 Å². The van der Waals surface area contributed by atoms with Gasteiger partial charge in [-0.15, -0.1) is 11.3 Å². The van der Waals surface area contributed by atoms with Gasteiger partial charge < -0.3 is 15.2 Å². The van der Waals surface area contributed by atoms with Crippen LogP contribution in [-0.2, 0) is 4.74 Å². The van der Waals surface area contributed by atoms with Gasteiger partial charge in [0.2, 0.25) is 0 Å². The summed E-state index contributed by atoms with van der Waals surface area (Å²) in [6, 6.07) is 0.345. The van der Waals surface area contributed by atoms with E-state index in [9.17, 15) is 4.79 Å². The minimum absolute atomic E-state index is 0.105. The van der Waals surface area contributed by atoms with Crippen LogP contribution < -0.4 is 5.32 Å². The molecule has 2 rings (SSSR count). The summed E-state index contributed by atoms with van der Waals surface area (Å²) in [5, 5.41) is 14.2. The van der Waals surface area contributed by atoms with Crippen LogP contribution in [0.5, 0.6) is 0 Å². The van der Waals surface area contributed by atoms with Gasteiger partial charge in [-0.25, -0.2) is 9.78 Å². The van der Waals surface area contributed by atoms with Crippen LogP contribution in [0.2, 0.25) is 0 Å². The van der Waals surface area contributed by atoms with Crippen LogP contribution in [0.15, 0.2) is 5.38 Å². The Labute approximate surface area is 97.5 Å². The Morgan fingerprint density at radius 1 is 1.69 bits per heavy atom. The van der Waals surface area contributed by atoms with Gasteiger partial charge in [0.05, 0.1) is 6.10 Å². The van der Waals surface area contributed by atoms with Gasteiger partial charge in [-0.05, 0) is 19.3 Å². The first kappa shape index (κ1) is 11.3. The molecule has 0 aromatic carbocycles. The molecule has 2 atom stereocenters. The van der Waals surface area contributed by atoms with Crippen molar-refractivity contribution in [2.75, 3.05) is 12.4 Å². The number of thiazole rings is 1. The Kier molecular flexibility index (Phi) is 3.40. The molecule has 88 valence electrons. The predicted molar refractivity (Wildman–Crippen MR) is 61.1 cm³/mol. The Morgan fingerprint density at radius 2 is 2.50 bits per heavy atom. The zero-order valence-corrected chi connectivity index (χ0v) is 9.79. The number of aromatic nitrogens is 1. The van der Waals surface area contributed by atoms with Crippen molar-refractivity contribution in [1.29, 1.82) is 0 Å². The van der Waals surface area contributed by atoms with Crippen molar-refractivity contribution >= 4 is 22.4 Å². The average Bonchev–Trinajstić information content (AvgIpc) is 2.87. The van der Waals surface area contributed by atoms with Crippen molar-refractivity contribution in [2.45, 2.75) is 31.4 Å². The second kappa shape index (κ2) is 4.80. The van der Waals surface area contributed by atoms with E-state index in [0.717, 1.165) is 19.3 Å². The summed E-state index contributed by atoms with van der Waals surface area (Å²) >= 11 is 1.33. The zero-order chi connectivity index (χ0) is 11.5. The maximum atomic E-state index is 10.6. The van der Waals surface area contributed by atoms with Gasteiger partial charge in [0, 0.05) is 18.5 Å². The molecular formula is C10H14N2O3S. The smallest absolute Gasteiger partial charge is 0.355 e. The van der Waals surface area contributed by atoms with E-state index in [1.165, 1.54) is 11.3 Å². The van der Waals surface area contributed by atoms with Crippen LogP contribution >= 0.6 is 11.3 Å². The molecule has 16 heavy (non-hydrogen) atoms. The summed E-state index contributed by atoms with van der Waals surface area (Å²) in [6.45, 7) is 0. The molecule has 1 saturated carbocycles. The number of carboxylic acids is 1. The SMILES string of the molecule is COC1CCC(Nc2nc(C(=O)O)cs2)C1. The molecule has 0 bridgehead atoms. The lowest BCUT2D eigenvalue weighted by molar-refractivity contribution is 0.0691. The van der Waals surface area contributed by atoms with E-state index in [1.807, 2.05) is 0 Å². The maximum Gasteiger partial charge on any atom is 0.355 e. The lowest BCUT2D eigenvalue weighted by Gasteiger charge is -2.11. The van der Waals surface area contributed by atoms with Crippen molar-refractivity contribution < 1.29 is 14.6 Å².